The van der Waals surface area contributed by atoms with Crippen LogP contribution in [0.4, 0.5) is 16.3 Å². The molecule has 2 heterocycles. The zero-order valence-electron chi connectivity index (χ0n) is 20.1. The van der Waals surface area contributed by atoms with E-state index in [1.807, 2.05) is 35.2 Å². The molecule has 3 rings (SSSR count). The van der Waals surface area contributed by atoms with Crippen molar-refractivity contribution < 1.29 is 19.1 Å². The lowest BCUT2D eigenvalue weighted by Crippen LogP contribution is -2.52. The first kappa shape index (κ1) is 26.0. The largest absolute Gasteiger partial charge is 0.450 e. The quantitative estimate of drug-likeness (QED) is 0.499. The van der Waals surface area contributed by atoms with Gasteiger partial charge in [0.15, 0.2) is 5.69 Å². The lowest BCUT2D eigenvalue weighted by Gasteiger charge is -2.34. The minimum absolute atomic E-state index is 0.0110. The van der Waals surface area contributed by atoms with Crippen molar-refractivity contribution in [3.8, 4) is 0 Å². The van der Waals surface area contributed by atoms with Crippen LogP contribution in [0, 0.1) is 0 Å². The molecule has 0 unspecified atom stereocenters. The van der Waals surface area contributed by atoms with Crippen molar-refractivity contribution in [2.45, 2.75) is 13.5 Å². The number of aromatic amines is 1. The Hall–Kier alpha value is -3.64. The Morgan fingerprint density at radius 2 is 1.80 bits per heavy atom. The molecule has 1 saturated heterocycles. The number of carbonyl (C=O) groups is 2. The third-order valence-corrected chi connectivity index (χ3v) is 5.74. The summed E-state index contributed by atoms with van der Waals surface area (Å²) < 4.78 is 11.4. The molecule has 35 heavy (non-hydrogen) atoms. The summed E-state index contributed by atoms with van der Waals surface area (Å²) in [5.41, 5.74) is 5.62. The second-order valence-corrected chi connectivity index (χ2v) is 8.07. The summed E-state index contributed by atoms with van der Waals surface area (Å²) in [6.07, 6.45) is -0.375. The van der Waals surface area contributed by atoms with Gasteiger partial charge in [0.2, 0.25) is 5.91 Å². The predicted molar refractivity (Wildman–Crippen MR) is 131 cm³/mol. The molecule has 12 heteroatoms. The maximum atomic E-state index is 13.3. The number of aromatic nitrogens is 2. The first-order valence-electron chi connectivity index (χ1n) is 11.5. The number of piperazine rings is 1. The van der Waals surface area contributed by atoms with Gasteiger partial charge in [-0.2, -0.15) is 0 Å². The molecule has 1 fully saturated rings. The number of nitrogens with one attached hydrogen (secondary N) is 1. The topological polar surface area (TPSA) is 143 Å². The molecule has 0 bridgehead atoms. The number of anilines is 2. The highest BCUT2D eigenvalue weighted by Crippen LogP contribution is 2.18. The summed E-state index contributed by atoms with van der Waals surface area (Å²) in [6, 6.07) is 9.19. The molecule has 1 aromatic carbocycles. The van der Waals surface area contributed by atoms with Gasteiger partial charge in [-0.25, -0.2) is 9.59 Å². The Labute approximate surface area is 202 Å². The third-order valence-electron chi connectivity index (χ3n) is 5.74. The van der Waals surface area contributed by atoms with E-state index in [9.17, 15) is 19.2 Å². The predicted octanol–water partition coefficient (Wildman–Crippen LogP) is -0.0794. The molecular weight excluding hydrogens is 456 g/mol. The van der Waals surface area contributed by atoms with Gasteiger partial charge in [0.25, 0.3) is 5.56 Å². The van der Waals surface area contributed by atoms with E-state index in [0.29, 0.717) is 32.8 Å². The van der Waals surface area contributed by atoms with Crippen molar-refractivity contribution in [2.24, 2.45) is 0 Å². The first-order valence-corrected chi connectivity index (χ1v) is 11.5. The second kappa shape index (κ2) is 12.2. The average Bonchev–Trinajstić information content (AvgIpc) is 2.85. The fourth-order valence-corrected chi connectivity index (χ4v) is 3.88. The summed E-state index contributed by atoms with van der Waals surface area (Å²) >= 11 is 0. The van der Waals surface area contributed by atoms with Gasteiger partial charge in [0, 0.05) is 39.8 Å². The van der Waals surface area contributed by atoms with Crippen LogP contribution in [0.5, 0.6) is 0 Å². The van der Waals surface area contributed by atoms with Gasteiger partial charge in [-0.05, 0) is 12.5 Å². The van der Waals surface area contributed by atoms with E-state index in [2.05, 4.69) is 4.98 Å². The monoisotopic (exact) mass is 488 g/mol. The Balaban J connectivity index is 1.82. The zero-order valence-corrected chi connectivity index (χ0v) is 20.1. The fraction of sp³-hybridized carbons (Fsp3) is 0.478. The Bertz CT molecular complexity index is 1120. The van der Waals surface area contributed by atoms with Gasteiger partial charge in [-0.3, -0.25) is 24.0 Å². The highest BCUT2D eigenvalue weighted by Gasteiger charge is 2.28. The average molecular weight is 489 g/mol. The van der Waals surface area contributed by atoms with E-state index >= 15 is 0 Å². The van der Waals surface area contributed by atoms with Crippen LogP contribution in [-0.2, 0) is 20.8 Å². The molecule has 1 aliphatic rings. The highest BCUT2D eigenvalue weighted by atomic mass is 16.6. The fourth-order valence-electron chi connectivity index (χ4n) is 3.88. The van der Waals surface area contributed by atoms with E-state index in [1.165, 1.54) is 16.6 Å². The number of nitrogens with two attached hydrogens (primary N) is 1. The maximum absolute atomic E-state index is 13.3. The van der Waals surface area contributed by atoms with Crippen LogP contribution >= 0.6 is 0 Å². The summed E-state index contributed by atoms with van der Waals surface area (Å²) in [6.45, 7) is 4.24. The van der Waals surface area contributed by atoms with Crippen molar-refractivity contribution in [1.82, 2.24) is 19.4 Å². The highest BCUT2D eigenvalue weighted by molar-refractivity contribution is 5.96. The van der Waals surface area contributed by atoms with Crippen molar-refractivity contribution >= 4 is 23.5 Å². The van der Waals surface area contributed by atoms with Gasteiger partial charge >= 0.3 is 11.8 Å². The van der Waals surface area contributed by atoms with Crippen LogP contribution in [0.15, 0.2) is 39.9 Å². The van der Waals surface area contributed by atoms with E-state index in [4.69, 9.17) is 15.2 Å². The van der Waals surface area contributed by atoms with E-state index in [0.717, 1.165) is 5.56 Å². The number of rotatable bonds is 9. The molecule has 2 amide bonds. The molecule has 1 aliphatic heterocycles. The van der Waals surface area contributed by atoms with Crippen LogP contribution in [0.2, 0.25) is 0 Å². The molecule has 0 atom stereocenters. The number of carbonyl (C=O) groups excluding carboxylic acids is 2. The summed E-state index contributed by atoms with van der Waals surface area (Å²) in [5, 5.41) is 0. The van der Waals surface area contributed by atoms with Gasteiger partial charge in [-0.1, -0.05) is 30.3 Å². The molecule has 12 nitrogen and oxygen atoms in total. The standard InChI is InChI=1S/C23H32N6O6/c1-3-35-23(33)27-11-9-26(10-12-27)16-18(30)28(13-14-34-2)19-20(24)29(22(32)25-21(19)31)15-17-7-5-4-6-8-17/h4-8H,3,9-16,24H2,1-2H3,(H,25,31,32). The molecular formula is C23H32N6O6. The van der Waals surface area contributed by atoms with E-state index < -0.39 is 11.2 Å². The van der Waals surface area contributed by atoms with Crippen molar-refractivity contribution in [3.63, 3.8) is 0 Å². The Morgan fingerprint density at radius 1 is 1.11 bits per heavy atom. The minimum atomic E-state index is -0.742. The second-order valence-electron chi connectivity index (χ2n) is 8.07. The lowest BCUT2D eigenvalue weighted by molar-refractivity contribution is -0.120. The smallest absolute Gasteiger partial charge is 0.409 e. The summed E-state index contributed by atoms with van der Waals surface area (Å²) in [4.78, 5) is 57.6. The molecule has 1 aromatic heterocycles. The zero-order chi connectivity index (χ0) is 25.4. The number of nitrogens with zero attached hydrogens (tertiary/aromatic N) is 4. The van der Waals surface area contributed by atoms with Crippen LogP contribution in [0.1, 0.15) is 12.5 Å². The van der Waals surface area contributed by atoms with Gasteiger partial charge in [0.05, 0.1) is 26.3 Å². The number of benzene rings is 1. The number of hydrogen-bond donors (Lipinski definition) is 2. The van der Waals surface area contributed by atoms with E-state index in [-0.39, 0.29) is 49.7 Å². The Morgan fingerprint density at radius 3 is 2.43 bits per heavy atom. The summed E-state index contributed by atoms with van der Waals surface area (Å²) in [5.74, 6) is -0.465. The number of hydrogen-bond acceptors (Lipinski definition) is 8. The normalized spacial score (nSPS) is 14.1. The number of methoxy groups -OCH3 is 1. The molecule has 2 aromatic rings. The molecule has 3 N–H and O–H groups in total. The van der Waals surface area contributed by atoms with E-state index in [1.54, 1.807) is 11.8 Å². The third kappa shape index (κ3) is 6.49. The van der Waals surface area contributed by atoms with Crippen molar-refractivity contribution in [3.05, 3.63) is 56.7 Å². The molecule has 0 spiro atoms. The van der Waals surface area contributed by atoms with Crippen LogP contribution in [-0.4, -0.2) is 90.9 Å². The Kier molecular flexibility index (Phi) is 9.04. The molecule has 0 aliphatic carbocycles. The number of amides is 2. The van der Waals surface area contributed by atoms with Gasteiger partial charge < -0.3 is 25.0 Å². The number of ether oxygens (including phenoxy) is 2. The van der Waals surface area contributed by atoms with Crippen LogP contribution < -0.4 is 21.9 Å². The van der Waals surface area contributed by atoms with Crippen molar-refractivity contribution in [1.29, 1.82) is 0 Å². The first-order chi connectivity index (χ1) is 16.8. The molecule has 0 radical (unpaired) electrons. The van der Waals surface area contributed by atoms with Crippen LogP contribution in [0.25, 0.3) is 0 Å². The molecule has 0 saturated carbocycles. The maximum Gasteiger partial charge on any atom is 0.409 e. The lowest BCUT2D eigenvalue weighted by atomic mass is 10.2. The van der Waals surface area contributed by atoms with Crippen LogP contribution in [0.3, 0.4) is 0 Å². The number of H-pyrrole nitrogens is 1. The van der Waals surface area contributed by atoms with Gasteiger partial charge in [-0.15, -0.1) is 0 Å². The number of nitrogen functional groups attached to an aromatic ring is 1. The van der Waals surface area contributed by atoms with Crippen molar-refractivity contribution in [2.75, 3.05) is 70.2 Å². The van der Waals surface area contributed by atoms with Gasteiger partial charge in [0.1, 0.15) is 5.82 Å². The SMILES string of the molecule is CCOC(=O)N1CCN(CC(=O)N(CCOC)c2c(N)n(Cc3ccccc3)c(=O)[nH]c2=O)CC1. The summed E-state index contributed by atoms with van der Waals surface area (Å²) in [7, 11) is 1.49. The molecule has 190 valence electrons. The minimum Gasteiger partial charge on any atom is -0.450 e.